The summed E-state index contributed by atoms with van der Waals surface area (Å²) in [5.74, 6) is 0. The number of aromatic nitrogens is 2. The van der Waals surface area contributed by atoms with Crippen LogP contribution < -0.4 is 4.72 Å². The fraction of sp³-hybridized carbons (Fsp3) is 0.300. The highest BCUT2D eigenvalue weighted by Gasteiger charge is 2.21. The maximum atomic E-state index is 12.2. The van der Waals surface area contributed by atoms with Crippen LogP contribution in [0.1, 0.15) is 24.1 Å². The summed E-state index contributed by atoms with van der Waals surface area (Å²) in [7, 11) is -3.49. The van der Waals surface area contributed by atoms with E-state index in [9.17, 15) is 8.42 Å². The van der Waals surface area contributed by atoms with Crippen LogP contribution in [-0.2, 0) is 10.0 Å². The van der Waals surface area contributed by atoms with Gasteiger partial charge in [0.15, 0.2) is 0 Å². The zero-order chi connectivity index (χ0) is 13.3. The van der Waals surface area contributed by atoms with Crippen molar-refractivity contribution in [3.63, 3.8) is 0 Å². The number of hydrogen-bond acceptors (Lipinski definition) is 4. The van der Waals surface area contributed by atoms with Crippen LogP contribution in [0.15, 0.2) is 26.5 Å². The molecule has 1 unspecified atom stereocenters. The van der Waals surface area contributed by atoms with E-state index in [0.29, 0.717) is 4.21 Å². The summed E-state index contributed by atoms with van der Waals surface area (Å²) in [6.45, 7) is 3.64. The van der Waals surface area contributed by atoms with Crippen molar-refractivity contribution in [2.45, 2.75) is 24.1 Å². The highest BCUT2D eigenvalue weighted by molar-refractivity contribution is 9.11. The van der Waals surface area contributed by atoms with Crippen LogP contribution in [0, 0.1) is 6.92 Å². The number of H-pyrrole nitrogens is 1. The first-order valence-corrected chi connectivity index (χ1v) is 8.26. The van der Waals surface area contributed by atoms with E-state index in [1.165, 1.54) is 11.3 Å². The van der Waals surface area contributed by atoms with Crippen molar-refractivity contribution in [2.75, 3.05) is 0 Å². The molecule has 0 bridgehead atoms. The molecule has 0 radical (unpaired) electrons. The first-order valence-electron chi connectivity index (χ1n) is 5.17. The number of nitrogens with one attached hydrogen (secondary N) is 2. The highest BCUT2D eigenvalue weighted by Crippen LogP contribution is 2.31. The summed E-state index contributed by atoms with van der Waals surface area (Å²) in [5, 5.41) is 6.46. The van der Waals surface area contributed by atoms with Gasteiger partial charge in [-0.3, -0.25) is 5.10 Å². The molecule has 2 aromatic heterocycles. The Morgan fingerprint density at radius 1 is 1.56 bits per heavy atom. The summed E-state index contributed by atoms with van der Waals surface area (Å²) < 4.78 is 28.1. The molecule has 0 fully saturated rings. The molecular formula is C10H12BrN3O2S2. The van der Waals surface area contributed by atoms with E-state index in [1.54, 1.807) is 25.4 Å². The lowest BCUT2D eigenvalue weighted by Gasteiger charge is -2.11. The molecule has 2 heterocycles. The lowest BCUT2D eigenvalue weighted by Crippen LogP contribution is -2.25. The largest absolute Gasteiger partial charge is 0.285 e. The summed E-state index contributed by atoms with van der Waals surface area (Å²) >= 11 is 4.53. The van der Waals surface area contributed by atoms with Gasteiger partial charge in [0.05, 0.1) is 9.98 Å². The average molecular weight is 350 g/mol. The summed E-state index contributed by atoms with van der Waals surface area (Å²) in [6, 6.07) is 1.33. The number of nitrogens with zero attached hydrogens (tertiary/aromatic N) is 1. The molecule has 8 heteroatoms. The Labute approximate surface area is 118 Å². The molecule has 0 spiro atoms. The molecule has 0 aliphatic heterocycles. The smallest absolute Gasteiger partial charge is 0.250 e. The van der Waals surface area contributed by atoms with Crippen molar-refractivity contribution >= 4 is 37.3 Å². The minimum atomic E-state index is -3.49. The van der Waals surface area contributed by atoms with E-state index < -0.39 is 10.0 Å². The fourth-order valence-corrected chi connectivity index (χ4v) is 4.89. The summed E-state index contributed by atoms with van der Waals surface area (Å²) in [5.41, 5.74) is 1.71. The Bertz CT molecular complexity index is 615. The van der Waals surface area contributed by atoms with Crippen molar-refractivity contribution < 1.29 is 8.42 Å². The number of thiophene rings is 1. The molecule has 0 saturated heterocycles. The van der Waals surface area contributed by atoms with Crippen molar-refractivity contribution in [3.8, 4) is 0 Å². The van der Waals surface area contributed by atoms with Crippen molar-refractivity contribution in [3.05, 3.63) is 33.4 Å². The third-order valence-corrected chi connectivity index (χ3v) is 6.60. The van der Waals surface area contributed by atoms with Gasteiger partial charge < -0.3 is 0 Å². The van der Waals surface area contributed by atoms with E-state index in [1.807, 2.05) is 6.92 Å². The van der Waals surface area contributed by atoms with Gasteiger partial charge in [0.2, 0.25) is 0 Å². The SMILES string of the molecule is Cc1cc(S(=O)(=O)NC(C)c2cn[nH]c2)sc1Br. The van der Waals surface area contributed by atoms with Gasteiger partial charge in [-0.1, -0.05) is 0 Å². The number of sulfonamides is 1. The topological polar surface area (TPSA) is 74.8 Å². The second kappa shape index (κ2) is 5.12. The number of aryl methyl sites for hydroxylation is 1. The van der Waals surface area contributed by atoms with Gasteiger partial charge in [0, 0.05) is 17.8 Å². The van der Waals surface area contributed by atoms with Gasteiger partial charge in [-0.05, 0) is 41.4 Å². The summed E-state index contributed by atoms with van der Waals surface area (Å²) in [4.78, 5) is 0. The Morgan fingerprint density at radius 3 is 2.78 bits per heavy atom. The predicted octanol–water partition coefficient (Wildman–Crippen LogP) is 2.58. The van der Waals surface area contributed by atoms with Gasteiger partial charge >= 0.3 is 0 Å². The van der Waals surface area contributed by atoms with Crippen LogP contribution in [-0.4, -0.2) is 18.6 Å². The van der Waals surface area contributed by atoms with Gasteiger partial charge in [-0.25, -0.2) is 13.1 Å². The minimum absolute atomic E-state index is 0.308. The third kappa shape index (κ3) is 2.82. The van der Waals surface area contributed by atoms with Gasteiger partial charge in [-0.15, -0.1) is 11.3 Å². The Morgan fingerprint density at radius 2 is 2.28 bits per heavy atom. The van der Waals surface area contributed by atoms with E-state index in [0.717, 1.165) is 14.9 Å². The molecule has 2 aromatic rings. The van der Waals surface area contributed by atoms with Crippen LogP contribution in [0.25, 0.3) is 0 Å². The lowest BCUT2D eigenvalue weighted by molar-refractivity contribution is 0.569. The second-order valence-corrected chi connectivity index (χ2v) is 8.21. The molecule has 18 heavy (non-hydrogen) atoms. The van der Waals surface area contributed by atoms with E-state index >= 15 is 0 Å². The molecule has 0 aliphatic rings. The quantitative estimate of drug-likeness (QED) is 0.890. The Hall–Kier alpha value is -0.700. The zero-order valence-electron chi connectivity index (χ0n) is 9.77. The Kier molecular flexibility index (Phi) is 3.90. The summed E-state index contributed by atoms with van der Waals surface area (Å²) in [6.07, 6.45) is 3.27. The molecular weight excluding hydrogens is 338 g/mol. The van der Waals surface area contributed by atoms with E-state index in [-0.39, 0.29) is 6.04 Å². The first-order chi connectivity index (χ1) is 8.40. The number of hydrogen-bond donors (Lipinski definition) is 2. The van der Waals surface area contributed by atoms with Crippen molar-refractivity contribution in [2.24, 2.45) is 0 Å². The first kappa shape index (κ1) is 13.7. The molecule has 98 valence electrons. The van der Waals surface area contributed by atoms with Gasteiger partial charge in [0.1, 0.15) is 4.21 Å². The molecule has 0 aliphatic carbocycles. The molecule has 5 nitrogen and oxygen atoms in total. The van der Waals surface area contributed by atoms with Gasteiger partial charge in [-0.2, -0.15) is 5.10 Å². The fourth-order valence-electron chi connectivity index (χ4n) is 1.42. The van der Waals surface area contributed by atoms with Crippen LogP contribution in [0.4, 0.5) is 0 Å². The Balaban J connectivity index is 2.22. The molecule has 0 saturated carbocycles. The number of aromatic amines is 1. The number of rotatable bonds is 4. The van der Waals surface area contributed by atoms with Crippen LogP contribution in [0.3, 0.4) is 0 Å². The van der Waals surface area contributed by atoms with Gasteiger partial charge in [0.25, 0.3) is 10.0 Å². The second-order valence-electron chi connectivity index (χ2n) is 3.90. The lowest BCUT2D eigenvalue weighted by atomic mass is 10.2. The molecule has 2 rings (SSSR count). The third-order valence-electron chi connectivity index (χ3n) is 2.45. The maximum Gasteiger partial charge on any atom is 0.250 e. The standard InChI is InChI=1S/C10H12BrN3O2S2/c1-6-3-9(17-10(6)11)18(15,16)14-7(2)8-4-12-13-5-8/h3-5,7,14H,1-2H3,(H,12,13). The van der Waals surface area contributed by atoms with Crippen LogP contribution in [0.2, 0.25) is 0 Å². The average Bonchev–Trinajstić information content (AvgIpc) is 2.89. The minimum Gasteiger partial charge on any atom is -0.285 e. The monoisotopic (exact) mass is 349 g/mol. The van der Waals surface area contributed by atoms with E-state index in [4.69, 9.17) is 0 Å². The molecule has 1 atom stereocenters. The normalized spacial score (nSPS) is 13.7. The predicted molar refractivity (Wildman–Crippen MR) is 74.1 cm³/mol. The maximum absolute atomic E-state index is 12.2. The zero-order valence-corrected chi connectivity index (χ0v) is 13.0. The van der Waals surface area contributed by atoms with Crippen LogP contribution in [0.5, 0.6) is 0 Å². The molecule has 2 N–H and O–H groups in total. The van der Waals surface area contributed by atoms with Crippen LogP contribution >= 0.6 is 27.3 Å². The van der Waals surface area contributed by atoms with E-state index in [2.05, 4.69) is 30.8 Å². The van der Waals surface area contributed by atoms with Crippen molar-refractivity contribution in [1.82, 2.24) is 14.9 Å². The molecule has 0 amide bonds. The molecule has 0 aromatic carbocycles. The van der Waals surface area contributed by atoms with Crippen molar-refractivity contribution in [1.29, 1.82) is 0 Å². The number of halogens is 1. The highest BCUT2D eigenvalue weighted by atomic mass is 79.9.